The van der Waals surface area contributed by atoms with Gasteiger partial charge in [-0.3, -0.25) is 14.4 Å². The molecule has 0 spiro atoms. The Kier molecular flexibility index (Phi) is 5.02. The zero-order valence-electron chi connectivity index (χ0n) is 15.1. The Balaban J connectivity index is 1.58. The van der Waals surface area contributed by atoms with Gasteiger partial charge in [-0.2, -0.15) is 0 Å². The molecule has 3 heterocycles. The lowest BCUT2D eigenvalue weighted by molar-refractivity contribution is 0.0790. The fourth-order valence-electron chi connectivity index (χ4n) is 3.41. The summed E-state index contributed by atoms with van der Waals surface area (Å²) in [7, 11) is 0. The maximum absolute atomic E-state index is 13.3. The van der Waals surface area contributed by atoms with Crippen LogP contribution in [0.4, 0.5) is 4.39 Å². The largest absolute Gasteiger partial charge is 0.338 e. The predicted molar refractivity (Wildman–Crippen MR) is 106 cm³/mol. The molecule has 1 amide bonds. The third kappa shape index (κ3) is 3.84. The number of H-pyrrole nitrogens is 2. The van der Waals surface area contributed by atoms with Gasteiger partial charge in [-0.25, -0.2) is 9.37 Å². The van der Waals surface area contributed by atoms with Crippen molar-refractivity contribution < 1.29 is 9.18 Å². The van der Waals surface area contributed by atoms with Gasteiger partial charge in [-0.1, -0.05) is 11.6 Å². The van der Waals surface area contributed by atoms with Gasteiger partial charge in [-0.05, 0) is 36.8 Å². The Morgan fingerprint density at radius 2 is 2.07 bits per heavy atom. The van der Waals surface area contributed by atoms with Crippen LogP contribution in [-0.4, -0.2) is 38.8 Å². The highest BCUT2D eigenvalue weighted by atomic mass is 35.5. The number of likely N-dealkylation sites (tertiary alicyclic amines) is 1. The summed E-state index contributed by atoms with van der Waals surface area (Å²) in [5.74, 6) is -0.627. The van der Waals surface area contributed by atoms with Gasteiger partial charge >= 0.3 is 0 Å². The minimum Gasteiger partial charge on any atom is -0.338 e. The van der Waals surface area contributed by atoms with Crippen LogP contribution in [0, 0.1) is 5.82 Å². The molecule has 1 fully saturated rings. The summed E-state index contributed by atoms with van der Waals surface area (Å²) in [5, 5.41) is -0.113. The molecule has 2 aromatic heterocycles. The van der Waals surface area contributed by atoms with Crippen molar-refractivity contribution in [2.24, 2.45) is 0 Å². The van der Waals surface area contributed by atoms with Crippen LogP contribution in [0.15, 0.2) is 52.2 Å². The first kappa shape index (κ1) is 19.1. The molecule has 29 heavy (non-hydrogen) atoms. The Hall–Kier alpha value is -3.26. The molecule has 1 aromatic carbocycles. The molecule has 1 atom stereocenters. The first-order chi connectivity index (χ1) is 13.9. The molecule has 1 aliphatic heterocycles. The monoisotopic (exact) mass is 414 g/mol. The van der Waals surface area contributed by atoms with Gasteiger partial charge in [0.2, 0.25) is 0 Å². The summed E-state index contributed by atoms with van der Waals surface area (Å²) in [5.41, 5.74) is 0.159. The van der Waals surface area contributed by atoms with Crippen molar-refractivity contribution in [2.45, 2.75) is 12.3 Å². The van der Waals surface area contributed by atoms with Crippen molar-refractivity contribution in [3.8, 4) is 11.3 Å². The van der Waals surface area contributed by atoms with Crippen LogP contribution in [0.25, 0.3) is 11.3 Å². The number of rotatable bonds is 3. The van der Waals surface area contributed by atoms with E-state index in [4.69, 9.17) is 11.6 Å². The zero-order valence-corrected chi connectivity index (χ0v) is 15.9. The second-order valence-electron chi connectivity index (χ2n) is 6.79. The Labute approximate surface area is 169 Å². The van der Waals surface area contributed by atoms with Crippen LogP contribution in [0.3, 0.4) is 0 Å². The molecular weight excluding hydrogens is 399 g/mol. The Morgan fingerprint density at radius 3 is 2.83 bits per heavy atom. The number of benzene rings is 1. The molecule has 2 N–H and O–H groups in total. The van der Waals surface area contributed by atoms with Crippen molar-refractivity contribution in [1.82, 2.24) is 19.9 Å². The first-order valence-electron chi connectivity index (χ1n) is 8.96. The van der Waals surface area contributed by atoms with Crippen LogP contribution in [0.1, 0.15) is 28.5 Å². The predicted octanol–water partition coefficient (Wildman–Crippen LogP) is 2.55. The van der Waals surface area contributed by atoms with Gasteiger partial charge in [-0.15, -0.1) is 0 Å². The number of nitrogens with zero attached hydrogens (tertiary/aromatic N) is 2. The first-order valence-corrected chi connectivity index (χ1v) is 9.34. The number of aromatic nitrogens is 3. The van der Waals surface area contributed by atoms with Gasteiger partial charge < -0.3 is 14.9 Å². The fourth-order valence-corrected chi connectivity index (χ4v) is 3.59. The number of aromatic amines is 2. The van der Waals surface area contributed by atoms with Crippen molar-refractivity contribution in [2.75, 3.05) is 13.1 Å². The highest BCUT2D eigenvalue weighted by molar-refractivity contribution is 6.31. The van der Waals surface area contributed by atoms with E-state index in [-0.39, 0.29) is 33.7 Å². The molecule has 4 rings (SSSR count). The molecule has 1 aliphatic rings. The molecule has 0 saturated carbocycles. The van der Waals surface area contributed by atoms with Crippen LogP contribution >= 0.6 is 11.6 Å². The lowest BCUT2D eigenvalue weighted by atomic mass is 10.1. The van der Waals surface area contributed by atoms with Crippen molar-refractivity contribution >= 4 is 17.5 Å². The van der Waals surface area contributed by atoms with E-state index in [1.165, 1.54) is 24.4 Å². The van der Waals surface area contributed by atoms with Gasteiger partial charge in [0, 0.05) is 36.8 Å². The van der Waals surface area contributed by atoms with E-state index < -0.39 is 5.82 Å². The number of carbonyl (C=O) groups is 1. The summed E-state index contributed by atoms with van der Waals surface area (Å²) < 4.78 is 13.3. The van der Waals surface area contributed by atoms with Gasteiger partial charge in [0.25, 0.3) is 17.0 Å². The Morgan fingerprint density at radius 1 is 1.24 bits per heavy atom. The van der Waals surface area contributed by atoms with Crippen LogP contribution in [0.5, 0.6) is 0 Å². The smallest absolute Gasteiger partial charge is 0.257 e. The average Bonchev–Trinajstić information content (AvgIpc) is 3.20. The third-order valence-corrected chi connectivity index (χ3v) is 5.17. The summed E-state index contributed by atoms with van der Waals surface area (Å²) >= 11 is 5.77. The molecule has 3 aromatic rings. The second kappa shape index (κ2) is 7.63. The quantitative estimate of drug-likeness (QED) is 0.688. The Bertz CT molecular complexity index is 1210. The number of nitrogens with one attached hydrogen (secondary N) is 2. The van der Waals surface area contributed by atoms with E-state index in [9.17, 15) is 18.8 Å². The zero-order chi connectivity index (χ0) is 20.5. The lowest BCUT2D eigenvalue weighted by Crippen LogP contribution is -2.29. The third-order valence-electron chi connectivity index (χ3n) is 4.88. The molecule has 0 bridgehead atoms. The van der Waals surface area contributed by atoms with E-state index >= 15 is 0 Å². The number of hydrogen-bond donors (Lipinski definition) is 2. The van der Waals surface area contributed by atoms with E-state index in [0.29, 0.717) is 36.5 Å². The van der Waals surface area contributed by atoms with E-state index in [1.54, 1.807) is 17.0 Å². The van der Waals surface area contributed by atoms with E-state index in [0.717, 1.165) is 6.07 Å². The highest BCUT2D eigenvalue weighted by Crippen LogP contribution is 2.27. The summed E-state index contributed by atoms with van der Waals surface area (Å²) in [6.45, 7) is 0.795. The summed E-state index contributed by atoms with van der Waals surface area (Å²) in [6.07, 6.45) is 2.10. The number of amides is 1. The number of carbonyl (C=O) groups excluding carboxylic acids is 1. The van der Waals surface area contributed by atoms with E-state index in [1.807, 2.05) is 0 Å². The molecule has 1 saturated heterocycles. The van der Waals surface area contributed by atoms with Gasteiger partial charge in [0.05, 0.1) is 16.3 Å². The van der Waals surface area contributed by atoms with Crippen LogP contribution in [0.2, 0.25) is 5.02 Å². The molecule has 148 valence electrons. The number of halogens is 2. The minimum atomic E-state index is -0.586. The molecular formula is C20H16ClFN4O3. The second-order valence-corrected chi connectivity index (χ2v) is 7.20. The maximum atomic E-state index is 13.3. The standard InChI is InChI=1S/C20H16ClFN4O3/c21-14-8-11(3-4-15(14)22)20(29)26-7-5-12(10-26)18-24-16(9-17(27)25-18)13-2-1-6-23-19(13)28/h1-4,6,8-9,12H,5,7,10H2,(H,23,28)(H,24,25,27)/t12-/m0/s1. The van der Waals surface area contributed by atoms with Gasteiger partial charge in [0.1, 0.15) is 11.6 Å². The van der Waals surface area contributed by atoms with Gasteiger partial charge in [0.15, 0.2) is 0 Å². The van der Waals surface area contributed by atoms with Crippen molar-refractivity contribution in [1.29, 1.82) is 0 Å². The molecule has 0 unspecified atom stereocenters. The molecule has 7 nitrogen and oxygen atoms in total. The molecule has 9 heteroatoms. The van der Waals surface area contributed by atoms with E-state index in [2.05, 4.69) is 15.0 Å². The number of pyridine rings is 1. The lowest BCUT2D eigenvalue weighted by Gasteiger charge is -2.17. The average molecular weight is 415 g/mol. The topological polar surface area (TPSA) is 98.9 Å². The SMILES string of the molecule is O=C(c1ccc(F)c(Cl)c1)N1CC[C@H](c2nc(-c3ccc[nH]c3=O)cc(=O)[nH]2)C1. The van der Waals surface area contributed by atoms with Crippen LogP contribution < -0.4 is 11.1 Å². The normalized spacial score (nSPS) is 16.2. The minimum absolute atomic E-state index is 0.113. The van der Waals surface area contributed by atoms with Crippen LogP contribution in [-0.2, 0) is 0 Å². The fraction of sp³-hybridized carbons (Fsp3) is 0.200. The van der Waals surface area contributed by atoms with Crippen molar-refractivity contribution in [3.05, 3.63) is 85.5 Å². The molecule has 0 radical (unpaired) electrons. The maximum Gasteiger partial charge on any atom is 0.257 e. The summed E-state index contributed by atoms with van der Waals surface area (Å²) in [6, 6.07) is 8.36. The summed E-state index contributed by atoms with van der Waals surface area (Å²) in [4.78, 5) is 48.2. The highest BCUT2D eigenvalue weighted by Gasteiger charge is 2.30. The van der Waals surface area contributed by atoms with Crippen molar-refractivity contribution in [3.63, 3.8) is 0 Å². The number of hydrogen-bond acceptors (Lipinski definition) is 4. The molecule has 0 aliphatic carbocycles.